The Labute approximate surface area is 128 Å². The topological polar surface area (TPSA) is 45.3 Å². The first-order valence-corrected chi connectivity index (χ1v) is 7.37. The largest absolute Gasteiger partial charge is 0.370 e. The van der Waals surface area contributed by atoms with E-state index in [4.69, 9.17) is 4.74 Å². The number of morpholine rings is 1. The van der Waals surface area contributed by atoms with Gasteiger partial charge in [-0.25, -0.2) is 4.39 Å². The van der Waals surface area contributed by atoms with Crippen molar-refractivity contribution >= 4 is 5.91 Å². The summed E-state index contributed by atoms with van der Waals surface area (Å²) in [6, 6.07) is 6.76. The molecule has 22 heavy (non-hydrogen) atoms. The van der Waals surface area contributed by atoms with Crippen LogP contribution in [-0.2, 0) is 4.74 Å². The Bertz CT molecular complexity index is 696. The molecule has 1 N–H and O–H groups in total. The first-order chi connectivity index (χ1) is 10.6. The van der Waals surface area contributed by atoms with E-state index in [1.165, 1.54) is 6.07 Å². The highest BCUT2D eigenvalue weighted by Gasteiger charge is 2.27. The summed E-state index contributed by atoms with van der Waals surface area (Å²) < 4.78 is 19.2. The first-order valence-electron chi connectivity index (χ1n) is 7.37. The van der Waals surface area contributed by atoms with Crippen LogP contribution in [-0.4, -0.2) is 35.5 Å². The summed E-state index contributed by atoms with van der Waals surface area (Å²) in [4.78, 5) is 17.4. The van der Waals surface area contributed by atoms with Crippen molar-refractivity contribution in [2.24, 2.45) is 0 Å². The van der Waals surface area contributed by atoms with Gasteiger partial charge in [-0.3, -0.25) is 4.79 Å². The van der Waals surface area contributed by atoms with Crippen molar-refractivity contribution in [3.63, 3.8) is 0 Å². The van der Waals surface area contributed by atoms with Gasteiger partial charge < -0.3 is 14.6 Å². The Kier molecular flexibility index (Phi) is 3.98. The van der Waals surface area contributed by atoms with Crippen molar-refractivity contribution in [2.75, 3.05) is 19.7 Å². The maximum Gasteiger partial charge on any atom is 0.255 e. The normalized spacial score (nSPS) is 18.5. The van der Waals surface area contributed by atoms with E-state index < -0.39 is 0 Å². The predicted octanol–water partition coefficient (Wildman–Crippen LogP) is 2.98. The summed E-state index contributed by atoms with van der Waals surface area (Å²) in [5.74, 6) is -0.221. The molecule has 1 unspecified atom stereocenters. The molecular weight excluding hydrogens is 283 g/mol. The quantitative estimate of drug-likeness (QED) is 0.927. The molecule has 1 amide bonds. The Balaban J connectivity index is 1.78. The molecule has 116 valence electrons. The number of hydrogen-bond donors (Lipinski definition) is 1. The number of carbonyl (C=O) groups excluding carboxylic acids is 1. The number of H-pyrrole nitrogens is 1. The standard InChI is InChI=1S/C17H19FN2O2/c1-11-9-13(3-4-15(11)18)16-10-20(7-8-22-16)17(21)14-5-6-19-12(14)2/h3-6,9,16,19H,7-8,10H2,1-2H3. The third-order valence-corrected chi connectivity index (χ3v) is 4.09. The SMILES string of the molecule is Cc1cc(C2CN(C(=O)c3cc[nH]c3C)CCO2)ccc1F. The van der Waals surface area contributed by atoms with Gasteiger partial charge in [-0.05, 0) is 37.1 Å². The van der Waals surface area contributed by atoms with Crippen LogP contribution in [0.1, 0.15) is 33.3 Å². The maximum atomic E-state index is 13.4. The zero-order chi connectivity index (χ0) is 15.7. The second-order valence-electron chi connectivity index (χ2n) is 5.64. The lowest BCUT2D eigenvalue weighted by Crippen LogP contribution is -2.42. The van der Waals surface area contributed by atoms with Crippen LogP contribution in [0.5, 0.6) is 0 Å². The van der Waals surface area contributed by atoms with Gasteiger partial charge in [0.15, 0.2) is 0 Å². The van der Waals surface area contributed by atoms with E-state index in [9.17, 15) is 9.18 Å². The smallest absolute Gasteiger partial charge is 0.255 e. The molecule has 2 aromatic rings. The van der Waals surface area contributed by atoms with E-state index in [2.05, 4.69) is 4.98 Å². The van der Waals surface area contributed by atoms with Crippen LogP contribution in [0.3, 0.4) is 0 Å². The van der Waals surface area contributed by atoms with E-state index in [0.29, 0.717) is 30.8 Å². The number of halogens is 1. The van der Waals surface area contributed by atoms with Gasteiger partial charge in [-0.2, -0.15) is 0 Å². The van der Waals surface area contributed by atoms with Gasteiger partial charge >= 0.3 is 0 Å². The van der Waals surface area contributed by atoms with Crippen molar-refractivity contribution in [1.82, 2.24) is 9.88 Å². The lowest BCUT2D eigenvalue weighted by Gasteiger charge is -2.33. The number of ether oxygens (including phenoxy) is 1. The number of aryl methyl sites for hydroxylation is 2. The van der Waals surface area contributed by atoms with Crippen LogP contribution >= 0.6 is 0 Å². The fourth-order valence-corrected chi connectivity index (χ4v) is 2.76. The summed E-state index contributed by atoms with van der Waals surface area (Å²) in [6.07, 6.45) is 1.56. The number of amides is 1. The van der Waals surface area contributed by atoms with E-state index >= 15 is 0 Å². The molecule has 0 radical (unpaired) electrons. The number of aromatic amines is 1. The van der Waals surface area contributed by atoms with E-state index in [1.807, 2.05) is 6.92 Å². The minimum Gasteiger partial charge on any atom is -0.370 e. The second kappa shape index (κ2) is 5.93. The van der Waals surface area contributed by atoms with Crippen molar-refractivity contribution < 1.29 is 13.9 Å². The maximum absolute atomic E-state index is 13.4. The van der Waals surface area contributed by atoms with Crippen LogP contribution in [0.4, 0.5) is 4.39 Å². The van der Waals surface area contributed by atoms with Crippen LogP contribution in [0.15, 0.2) is 30.5 Å². The highest BCUT2D eigenvalue weighted by Crippen LogP contribution is 2.25. The number of hydrogen-bond acceptors (Lipinski definition) is 2. The fraction of sp³-hybridized carbons (Fsp3) is 0.353. The number of carbonyl (C=O) groups is 1. The van der Waals surface area contributed by atoms with Gasteiger partial charge in [0.1, 0.15) is 11.9 Å². The van der Waals surface area contributed by atoms with Crippen LogP contribution in [0.25, 0.3) is 0 Å². The van der Waals surface area contributed by atoms with Crippen LogP contribution < -0.4 is 0 Å². The van der Waals surface area contributed by atoms with Gasteiger partial charge in [-0.15, -0.1) is 0 Å². The molecule has 1 aliphatic heterocycles. The Hall–Kier alpha value is -2.14. The molecule has 2 heterocycles. The lowest BCUT2D eigenvalue weighted by molar-refractivity contribution is -0.0228. The molecule has 1 aliphatic rings. The molecule has 1 aromatic heterocycles. The molecule has 3 rings (SSSR count). The highest BCUT2D eigenvalue weighted by molar-refractivity contribution is 5.95. The molecular formula is C17H19FN2O2. The Morgan fingerprint density at radius 1 is 1.36 bits per heavy atom. The van der Waals surface area contributed by atoms with Gasteiger partial charge in [0, 0.05) is 18.4 Å². The van der Waals surface area contributed by atoms with Crippen LogP contribution in [0, 0.1) is 19.7 Å². The first kappa shape index (κ1) is 14.8. The summed E-state index contributed by atoms with van der Waals surface area (Å²) in [5.41, 5.74) is 3.05. The van der Waals surface area contributed by atoms with Gasteiger partial charge in [0.05, 0.1) is 18.7 Å². The number of nitrogens with one attached hydrogen (secondary N) is 1. The van der Waals surface area contributed by atoms with E-state index in [0.717, 1.165) is 11.3 Å². The average molecular weight is 302 g/mol. The molecule has 1 saturated heterocycles. The third-order valence-electron chi connectivity index (χ3n) is 4.09. The second-order valence-corrected chi connectivity index (χ2v) is 5.64. The van der Waals surface area contributed by atoms with Crippen molar-refractivity contribution in [3.8, 4) is 0 Å². The van der Waals surface area contributed by atoms with Crippen molar-refractivity contribution in [3.05, 3.63) is 58.7 Å². The lowest BCUT2D eigenvalue weighted by atomic mass is 10.0. The Morgan fingerprint density at radius 3 is 2.86 bits per heavy atom. The molecule has 0 saturated carbocycles. The van der Waals surface area contributed by atoms with Crippen LogP contribution in [0.2, 0.25) is 0 Å². The minimum absolute atomic E-state index is 0.00545. The molecule has 1 atom stereocenters. The predicted molar refractivity (Wildman–Crippen MR) is 81.3 cm³/mol. The molecule has 0 spiro atoms. The monoisotopic (exact) mass is 302 g/mol. The molecule has 1 fully saturated rings. The average Bonchev–Trinajstić information content (AvgIpc) is 2.95. The van der Waals surface area contributed by atoms with Gasteiger partial charge in [0.25, 0.3) is 5.91 Å². The van der Waals surface area contributed by atoms with Gasteiger partial charge in [0.2, 0.25) is 0 Å². The van der Waals surface area contributed by atoms with Gasteiger partial charge in [-0.1, -0.05) is 12.1 Å². The number of benzene rings is 1. The molecule has 5 heteroatoms. The number of nitrogens with zero attached hydrogens (tertiary/aromatic N) is 1. The summed E-state index contributed by atoms with van der Waals surface area (Å²) in [7, 11) is 0. The Morgan fingerprint density at radius 2 is 2.18 bits per heavy atom. The number of aromatic nitrogens is 1. The molecule has 1 aromatic carbocycles. The zero-order valence-electron chi connectivity index (χ0n) is 12.7. The summed E-state index contributed by atoms with van der Waals surface area (Å²) in [5, 5.41) is 0. The van der Waals surface area contributed by atoms with E-state index in [1.54, 1.807) is 36.2 Å². The van der Waals surface area contributed by atoms with Crippen molar-refractivity contribution in [2.45, 2.75) is 20.0 Å². The van der Waals surface area contributed by atoms with Crippen molar-refractivity contribution in [1.29, 1.82) is 0 Å². The summed E-state index contributed by atoms with van der Waals surface area (Å²) in [6.45, 7) is 5.15. The minimum atomic E-state index is -0.226. The molecule has 4 nitrogen and oxygen atoms in total. The number of rotatable bonds is 2. The summed E-state index contributed by atoms with van der Waals surface area (Å²) >= 11 is 0. The zero-order valence-corrected chi connectivity index (χ0v) is 12.7. The third kappa shape index (κ3) is 2.76. The highest BCUT2D eigenvalue weighted by atomic mass is 19.1. The molecule has 0 aliphatic carbocycles. The fourth-order valence-electron chi connectivity index (χ4n) is 2.76. The van der Waals surface area contributed by atoms with E-state index in [-0.39, 0.29) is 17.8 Å². The molecule has 0 bridgehead atoms.